The quantitative estimate of drug-likeness (QED) is 0.0665. The Balaban J connectivity index is 0.949. The predicted octanol–water partition coefficient (Wildman–Crippen LogP) is 2.20. The van der Waals surface area contributed by atoms with Gasteiger partial charge in [-0.2, -0.15) is 0 Å². The number of hydrogen-bond donors (Lipinski definition) is 8. The van der Waals surface area contributed by atoms with Crippen molar-refractivity contribution in [3.63, 3.8) is 0 Å². The number of carbonyl (C=O) groups is 7. The van der Waals surface area contributed by atoms with Gasteiger partial charge in [0, 0.05) is 67.4 Å². The summed E-state index contributed by atoms with van der Waals surface area (Å²) < 4.78 is 14.7. The lowest BCUT2D eigenvalue weighted by molar-refractivity contribution is -0.141. The molecule has 5 heterocycles. The van der Waals surface area contributed by atoms with Crippen LogP contribution in [-0.2, 0) is 42.0 Å². The molecule has 1 aliphatic carbocycles. The van der Waals surface area contributed by atoms with Crippen molar-refractivity contribution in [1.82, 2.24) is 39.9 Å². The smallest absolute Gasteiger partial charge is 0.376 e. The average molecular weight is 988 g/mol. The van der Waals surface area contributed by atoms with Gasteiger partial charge in [0.2, 0.25) is 29.5 Å². The first kappa shape index (κ1) is 50.4. The Labute approximate surface area is 403 Å². The number of imidazole rings is 1. The second kappa shape index (κ2) is 20.0. The van der Waals surface area contributed by atoms with E-state index in [9.17, 15) is 57.8 Å². The molecule has 0 bridgehead atoms. The standard InChI is InChI=1S/C48H62N9O12P/c1-48(2,18-16-39(49)58)53-44(63)37-13-10-31-17-19-55(25-34(45(64)56(31)37)51-42(61)33-24-30-23-29(9-11-32(30)50-33)46(65)70(67,68)69)41(60)22-27-6-4-26(5-7-27)20-28-8-12-35-38(21-28)54(3)47(66)57(35)36-14-15-40(59)52-43(36)62/h8-9,11-12,21,23-24,26-27,31,34,36-37,45,50,64H,4-7,10,13-20,22,25H2,1-3H3,(H2,49,58)(H,51,61)(H,53,63)(H,52,59,62)(H2,67,68,69)/t26-,27+,31-,34+,36?,37+,45?/m1/s1. The number of carbonyl (C=O) groups excluding carboxylic acids is 7. The number of nitrogens with zero attached hydrogens (tertiary/aromatic N) is 4. The number of imide groups is 1. The van der Waals surface area contributed by atoms with E-state index < -0.39 is 60.7 Å². The molecule has 4 aliphatic rings. The van der Waals surface area contributed by atoms with Gasteiger partial charge in [0.15, 0.2) is 0 Å². The van der Waals surface area contributed by atoms with Crippen molar-refractivity contribution in [2.24, 2.45) is 24.6 Å². The molecule has 22 heteroatoms. The van der Waals surface area contributed by atoms with Gasteiger partial charge >= 0.3 is 13.3 Å². The van der Waals surface area contributed by atoms with Crippen LogP contribution in [0.15, 0.2) is 47.3 Å². The minimum absolute atomic E-state index is 0.0257. The van der Waals surface area contributed by atoms with Gasteiger partial charge in [0.05, 0.1) is 23.1 Å². The summed E-state index contributed by atoms with van der Waals surface area (Å²) in [5.41, 5.74) is 5.48. The summed E-state index contributed by atoms with van der Waals surface area (Å²) in [6.45, 7) is 3.81. The molecule has 0 spiro atoms. The third kappa shape index (κ3) is 10.8. The Kier molecular flexibility index (Phi) is 14.4. The van der Waals surface area contributed by atoms with Crippen molar-refractivity contribution in [2.75, 3.05) is 13.1 Å². The maximum absolute atomic E-state index is 14.3. The fourth-order valence-corrected chi connectivity index (χ4v) is 11.5. The molecule has 9 N–H and O–H groups in total. The Morgan fingerprint density at radius 2 is 1.63 bits per heavy atom. The summed E-state index contributed by atoms with van der Waals surface area (Å²) in [5.74, 6) is -2.03. The van der Waals surface area contributed by atoms with Crippen LogP contribution >= 0.6 is 7.60 Å². The molecule has 4 aromatic rings. The van der Waals surface area contributed by atoms with Crippen molar-refractivity contribution in [1.29, 1.82) is 0 Å². The molecule has 1 saturated carbocycles. The maximum Gasteiger partial charge on any atom is 0.396 e. The van der Waals surface area contributed by atoms with Crippen LogP contribution in [-0.4, -0.2) is 123 Å². The molecule has 2 aromatic carbocycles. The van der Waals surface area contributed by atoms with E-state index in [-0.39, 0.29) is 78.9 Å². The highest BCUT2D eigenvalue weighted by Crippen LogP contribution is 2.40. The number of primary amides is 1. The zero-order chi connectivity index (χ0) is 50.4. The number of nitrogens with two attached hydrogens (primary N) is 1. The van der Waals surface area contributed by atoms with Gasteiger partial charge in [-0.3, -0.25) is 57.5 Å². The molecular formula is C48H62N9O12P. The van der Waals surface area contributed by atoms with Gasteiger partial charge in [-0.15, -0.1) is 0 Å². The summed E-state index contributed by atoms with van der Waals surface area (Å²) in [5, 5.41) is 20.8. The van der Waals surface area contributed by atoms with Crippen molar-refractivity contribution in [2.45, 2.75) is 133 Å². The monoisotopic (exact) mass is 987 g/mol. The zero-order valence-electron chi connectivity index (χ0n) is 39.5. The number of rotatable bonds is 14. The first-order valence-electron chi connectivity index (χ1n) is 24.0. The molecule has 3 saturated heterocycles. The SMILES string of the molecule is Cn1c(=O)n(C2CCC(=O)NC2=O)c2ccc(C[C@H]3CC[C@@H](CC(=O)N4CC[C@H]5CC[C@@H](C(=O)NC(C)(C)CCC(N)=O)N5C(O)[C@@H](NC(=O)c5cc6cc(C(=O)P(=O)(O)O)ccc6[nH]5)C4)CC3)cc21. The predicted molar refractivity (Wildman–Crippen MR) is 255 cm³/mol. The Morgan fingerprint density at radius 3 is 2.33 bits per heavy atom. The number of aliphatic hydroxyl groups excluding tert-OH is 1. The largest absolute Gasteiger partial charge is 0.396 e. The van der Waals surface area contributed by atoms with Crippen molar-refractivity contribution >= 4 is 70.5 Å². The minimum atomic E-state index is -5.07. The number of benzene rings is 2. The molecule has 4 fully saturated rings. The van der Waals surface area contributed by atoms with Gasteiger partial charge in [0.1, 0.15) is 18.0 Å². The lowest BCUT2D eigenvalue weighted by atomic mass is 9.78. The van der Waals surface area contributed by atoms with Gasteiger partial charge in [-0.1, -0.05) is 6.07 Å². The van der Waals surface area contributed by atoms with Crippen LogP contribution in [0.1, 0.15) is 123 Å². The van der Waals surface area contributed by atoms with Crippen LogP contribution in [0, 0.1) is 11.8 Å². The topological polar surface area (TPSA) is 309 Å². The number of amides is 6. The Bertz CT molecular complexity index is 2860. The van der Waals surface area contributed by atoms with Gasteiger partial charge in [-0.05, 0) is 132 Å². The molecule has 6 amide bonds. The molecule has 2 unspecified atom stereocenters. The van der Waals surface area contributed by atoms with E-state index in [1.807, 2.05) is 18.2 Å². The van der Waals surface area contributed by atoms with E-state index in [0.29, 0.717) is 60.1 Å². The van der Waals surface area contributed by atoms with Crippen LogP contribution in [0.3, 0.4) is 0 Å². The molecule has 0 radical (unpaired) electrons. The van der Waals surface area contributed by atoms with E-state index in [1.165, 1.54) is 33.4 Å². The molecule has 8 rings (SSSR count). The highest BCUT2D eigenvalue weighted by Gasteiger charge is 2.47. The van der Waals surface area contributed by atoms with E-state index in [2.05, 4.69) is 20.9 Å². The van der Waals surface area contributed by atoms with Crippen LogP contribution < -0.4 is 27.4 Å². The second-order valence-corrected chi connectivity index (χ2v) is 21.8. The third-order valence-electron chi connectivity index (χ3n) is 14.8. The van der Waals surface area contributed by atoms with Gasteiger partial charge in [0.25, 0.3) is 11.4 Å². The maximum atomic E-state index is 14.3. The summed E-state index contributed by atoms with van der Waals surface area (Å²) in [4.78, 5) is 129. The summed E-state index contributed by atoms with van der Waals surface area (Å²) in [6, 6.07) is 8.22. The van der Waals surface area contributed by atoms with Crippen LogP contribution in [0.2, 0.25) is 0 Å². The normalized spacial score (nSPS) is 24.7. The number of hydrogen-bond acceptors (Lipinski definition) is 11. The molecule has 70 heavy (non-hydrogen) atoms. The summed E-state index contributed by atoms with van der Waals surface area (Å²) in [6.07, 6.45) is 5.17. The molecule has 5 atom stereocenters. The van der Waals surface area contributed by atoms with E-state index in [0.717, 1.165) is 37.7 Å². The molecule has 2 aromatic heterocycles. The summed E-state index contributed by atoms with van der Waals surface area (Å²) in [7, 11) is -3.40. The number of fused-ring (bicyclic) bond motifs is 3. The highest BCUT2D eigenvalue weighted by atomic mass is 31.2. The van der Waals surface area contributed by atoms with Crippen molar-refractivity contribution < 1.29 is 53.0 Å². The van der Waals surface area contributed by atoms with Crippen molar-refractivity contribution in [3.8, 4) is 0 Å². The average Bonchev–Trinajstić information content (AvgIpc) is 3.99. The lowest BCUT2D eigenvalue weighted by Crippen LogP contribution is -2.64. The Morgan fingerprint density at radius 1 is 0.900 bits per heavy atom. The lowest BCUT2D eigenvalue weighted by Gasteiger charge is -2.43. The van der Waals surface area contributed by atoms with E-state index in [4.69, 9.17) is 5.73 Å². The van der Waals surface area contributed by atoms with Crippen LogP contribution in [0.5, 0.6) is 0 Å². The number of aliphatic hydroxyl groups is 1. The van der Waals surface area contributed by atoms with Gasteiger partial charge < -0.3 is 41.1 Å². The molecule has 376 valence electrons. The highest BCUT2D eigenvalue weighted by molar-refractivity contribution is 7.70. The molecular weight excluding hydrogens is 926 g/mol. The number of aromatic amines is 1. The summed E-state index contributed by atoms with van der Waals surface area (Å²) >= 11 is 0. The van der Waals surface area contributed by atoms with Gasteiger partial charge in [-0.25, -0.2) is 4.79 Å². The first-order valence-corrected chi connectivity index (χ1v) is 25.6. The third-order valence-corrected chi connectivity index (χ3v) is 15.6. The number of H-pyrrole nitrogens is 1. The van der Waals surface area contributed by atoms with E-state index >= 15 is 0 Å². The number of aromatic nitrogens is 3. The molecule has 3 aliphatic heterocycles. The minimum Gasteiger partial charge on any atom is -0.376 e. The second-order valence-electron chi connectivity index (χ2n) is 20.3. The van der Waals surface area contributed by atoms with E-state index in [1.54, 1.807) is 30.7 Å². The Hall–Kier alpha value is -5.99. The van der Waals surface area contributed by atoms with Crippen LogP contribution in [0.25, 0.3) is 21.9 Å². The number of aryl methyl sites for hydroxylation is 1. The molecule has 21 nitrogen and oxygen atoms in total. The van der Waals surface area contributed by atoms with Crippen molar-refractivity contribution in [3.05, 3.63) is 69.8 Å². The zero-order valence-corrected chi connectivity index (χ0v) is 40.4. The fraction of sp³-hybridized carbons (Fsp3) is 0.542. The fourth-order valence-electron chi connectivity index (χ4n) is 11.0. The number of piperidine rings is 1. The number of nitrogens with one attached hydrogen (secondary N) is 4. The first-order chi connectivity index (χ1) is 33.1. The van der Waals surface area contributed by atoms with Crippen LogP contribution in [0.4, 0.5) is 0 Å².